The van der Waals surface area contributed by atoms with E-state index in [9.17, 15) is 4.79 Å². The molecule has 2 atom stereocenters. The first-order valence-corrected chi connectivity index (χ1v) is 11.0. The number of anilines is 3. The first-order chi connectivity index (χ1) is 14.6. The molecule has 1 amide bonds. The standard InChI is InChI=1S/C25H32N4O/c1-4-19-15-22(27-25(30)20-8-5-9-21(16-20)26-3)10-11-24(19)28-14-12-23(17-28)29-13-6-7-18(29)2/h4-5,8-11,15-16,18,23,26H,1,6-7,12-14,17H2,2-3H3,(H,27,30). The van der Waals surface area contributed by atoms with Gasteiger partial charge in [0.2, 0.25) is 0 Å². The van der Waals surface area contributed by atoms with E-state index in [2.05, 4.69) is 40.0 Å². The van der Waals surface area contributed by atoms with Crippen LogP contribution in [0.4, 0.5) is 17.1 Å². The van der Waals surface area contributed by atoms with Gasteiger partial charge in [0.1, 0.15) is 0 Å². The second-order valence-electron chi connectivity index (χ2n) is 8.38. The summed E-state index contributed by atoms with van der Waals surface area (Å²) < 4.78 is 0. The van der Waals surface area contributed by atoms with Crippen molar-refractivity contribution < 1.29 is 4.79 Å². The molecule has 0 bridgehead atoms. The van der Waals surface area contributed by atoms with Crippen LogP contribution in [0, 0.1) is 0 Å². The summed E-state index contributed by atoms with van der Waals surface area (Å²) in [6, 6.07) is 15.0. The molecule has 2 heterocycles. The van der Waals surface area contributed by atoms with Gasteiger partial charge in [-0.15, -0.1) is 0 Å². The Bertz CT molecular complexity index is 925. The molecular weight excluding hydrogens is 372 g/mol. The van der Waals surface area contributed by atoms with Gasteiger partial charge in [0.25, 0.3) is 5.91 Å². The predicted octanol–water partition coefficient (Wildman–Crippen LogP) is 4.69. The first-order valence-electron chi connectivity index (χ1n) is 11.0. The number of nitrogens with one attached hydrogen (secondary N) is 2. The number of nitrogens with zero attached hydrogens (tertiary/aromatic N) is 2. The van der Waals surface area contributed by atoms with Gasteiger partial charge in [-0.25, -0.2) is 0 Å². The topological polar surface area (TPSA) is 47.6 Å². The summed E-state index contributed by atoms with van der Waals surface area (Å²) in [5.41, 5.74) is 4.60. The highest BCUT2D eigenvalue weighted by molar-refractivity contribution is 6.05. The maximum Gasteiger partial charge on any atom is 0.255 e. The van der Waals surface area contributed by atoms with Crippen LogP contribution in [0.5, 0.6) is 0 Å². The molecule has 0 saturated carbocycles. The van der Waals surface area contributed by atoms with Crippen LogP contribution >= 0.6 is 0 Å². The lowest BCUT2D eigenvalue weighted by molar-refractivity contribution is 0.102. The van der Waals surface area contributed by atoms with Crippen LogP contribution in [0.2, 0.25) is 0 Å². The van der Waals surface area contributed by atoms with E-state index in [1.807, 2.05) is 49.5 Å². The molecular formula is C25H32N4O. The van der Waals surface area contributed by atoms with Gasteiger partial charge in [0, 0.05) is 54.8 Å². The Labute approximate surface area is 179 Å². The fourth-order valence-electron chi connectivity index (χ4n) is 4.83. The van der Waals surface area contributed by atoms with Gasteiger partial charge < -0.3 is 15.5 Å². The minimum Gasteiger partial charge on any atom is -0.388 e. The number of likely N-dealkylation sites (tertiary alicyclic amines) is 1. The highest BCUT2D eigenvalue weighted by Crippen LogP contribution is 2.32. The van der Waals surface area contributed by atoms with E-state index in [0.29, 0.717) is 17.6 Å². The maximum atomic E-state index is 12.7. The van der Waals surface area contributed by atoms with Crippen LogP contribution in [-0.4, -0.2) is 49.6 Å². The van der Waals surface area contributed by atoms with Crippen LogP contribution in [0.15, 0.2) is 49.0 Å². The van der Waals surface area contributed by atoms with Gasteiger partial charge in [-0.05, 0) is 74.7 Å². The second kappa shape index (κ2) is 8.92. The van der Waals surface area contributed by atoms with Crippen molar-refractivity contribution in [3.8, 4) is 0 Å². The van der Waals surface area contributed by atoms with Crippen LogP contribution in [0.25, 0.3) is 6.08 Å². The Morgan fingerprint density at radius 3 is 2.73 bits per heavy atom. The van der Waals surface area contributed by atoms with Crippen LogP contribution in [0.3, 0.4) is 0 Å². The van der Waals surface area contributed by atoms with E-state index >= 15 is 0 Å². The molecule has 2 aromatic carbocycles. The molecule has 2 aliphatic heterocycles. The molecule has 0 aliphatic carbocycles. The lowest BCUT2D eigenvalue weighted by atomic mass is 10.1. The summed E-state index contributed by atoms with van der Waals surface area (Å²) in [5.74, 6) is -0.112. The molecule has 2 aliphatic rings. The number of benzene rings is 2. The maximum absolute atomic E-state index is 12.7. The van der Waals surface area contributed by atoms with E-state index in [-0.39, 0.29) is 5.91 Å². The summed E-state index contributed by atoms with van der Waals surface area (Å²) >= 11 is 0. The zero-order chi connectivity index (χ0) is 21.1. The van der Waals surface area contributed by atoms with Crippen LogP contribution in [0.1, 0.15) is 42.1 Å². The molecule has 0 spiro atoms. The molecule has 2 unspecified atom stereocenters. The summed E-state index contributed by atoms with van der Waals surface area (Å²) in [7, 11) is 1.85. The molecule has 30 heavy (non-hydrogen) atoms. The summed E-state index contributed by atoms with van der Waals surface area (Å²) in [6.45, 7) is 9.73. The van der Waals surface area contributed by atoms with Gasteiger partial charge in [-0.1, -0.05) is 18.7 Å². The molecule has 0 radical (unpaired) electrons. The molecule has 2 N–H and O–H groups in total. The predicted molar refractivity (Wildman–Crippen MR) is 126 cm³/mol. The minimum absolute atomic E-state index is 0.112. The average molecular weight is 405 g/mol. The van der Waals surface area contributed by atoms with E-state index in [1.165, 1.54) is 31.5 Å². The minimum atomic E-state index is -0.112. The molecule has 4 rings (SSSR count). The Morgan fingerprint density at radius 2 is 2.00 bits per heavy atom. The highest BCUT2D eigenvalue weighted by Gasteiger charge is 2.33. The number of carbonyl (C=O) groups excluding carboxylic acids is 1. The Balaban J connectivity index is 1.46. The SMILES string of the molecule is C=Cc1cc(NC(=O)c2cccc(NC)c2)ccc1N1CCC(N2CCCC2C)C1. The van der Waals surface area contributed by atoms with Crippen molar-refractivity contribution in [3.05, 3.63) is 60.2 Å². The van der Waals surface area contributed by atoms with Crippen molar-refractivity contribution in [3.63, 3.8) is 0 Å². The third kappa shape index (κ3) is 4.21. The van der Waals surface area contributed by atoms with Crippen LogP contribution in [-0.2, 0) is 0 Å². The number of hydrogen-bond donors (Lipinski definition) is 2. The monoisotopic (exact) mass is 404 g/mol. The smallest absolute Gasteiger partial charge is 0.255 e. The zero-order valence-electron chi connectivity index (χ0n) is 18.0. The van der Waals surface area contributed by atoms with Gasteiger partial charge in [0.15, 0.2) is 0 Å². The third-order valence-electron chi connectivity index (χ3n) is 6.50. The van der Waals surface area contributed by atoms with Crippen molar-refractivity contribution in [2.75, 3.05) is 42.2 Å². The van der Waals surface area contributed by atoms with Gasteiger partial charge in [-0.3, -0.25) is 9.69 Å². The summed E-state index contributed by atoms with van der Waals surface area (Å²) in [5, 5.41) is 6.09. The fourth-order valence-corrected chi connectivity index (χ4v) is 4.83. The van der Waals surface area contributed by atoms with E-state index in [1.54, 1.807) is 0 Å². The number of carbonyl (C=O) groups is 1. The Kier molecular flexibility index (Phi) is 6.09. The van der Waals surface area contributed by atoms with Crippen molar-refractivity contribution in [1.29, 1.82) is 0 Å². The molecule has 2 fully saturated rings. The van der Waals surface area contributed by atoms with Gasteiger partial charge >= 0.3 is 0 Å². The molecule has 158 valence electrons. The third-order valence-corrected chi connectivity index (χ3v) is 6.50. The summed E-state index contributed by atoms with van der Waals surface area (Å²) in [6.07, 6.45) is 5.74. The van der Waals surface area contributed by atoms with Gasteiger partial charge in [0.05, 0.1) is 0 Å². The van der Waals surface area contributed by atoms with E-state index in [4.69, 9.17) is 0 Å². The highest BCUT2D eigenvalue weighted by atomic mass is 16.1. The largest absolute Gasteiger partial charge is 0.388 e. The lowest BCUT2D eigenvalue weighted by Crippen LogP contribution is -2.39. The van der Waals surface area contributed by atoms with E-state index < -0.39 is 0 Å². The second-order valence-corrected chi connectivity index (χ2v) is 8.38. The normalized spacial score (nSPS) is 21.6. The average Bonchev–Trinajstić information content (AvgIpc) is 3.42. The molecule has 5 nitrogen and oxygen atoms in total. The molecule has 0 aromatic heterocycles. The number of amides is 1. The molecule has 2 aromatic rings. The number of rotatable bonds is 6. The van der Waals surface area contributed by atoms with Crippen molar-refractivity contribution in [1.82, 2.24) is 4.90 Å². The van der Waals surface area contributed by atoms with Gasteiger partial charge in [-0.2, -0.15) is 0 Å². The fraction of sp³-hybridized carbons (Fsp3) is 0.400. The van der Waals surface area contributed by atoms with Crippen molar-refractivity contribution >= 4 is 29.0 Å². The van der Waals surface area contributed by atoms with Crippen molar-refractivity contribution in [2.24, 2.45) is 0 Å². The Morgan fingerprint density at radius 1 is 1.13 bits per heavy atom. The quantitative estimate of drug-likeness (QED) is 0.733. The summed E-state index contributed by atoms with van der Waals surface area (Å²) in [4.78, 5) is 17.8. The zero-order valence-corrected chi connectivity index (χ0v) is 18.0. The van der Waals surface area contributed by atoms with Crippen molar-refractivity contribution in [2.45, 2.75) is 38.3 Å². The molecule has 2 saturated heterocycles. The molecule has 5 heteroatoms. The first kappa shape index (κ1) is 20.5. The van der Waals surface area contributed by atoms with Crippen LogP contribution < -0.4 is 15.5 Å². The lowest BCUT2D eigenvalue weighted by Gasteiger charge is -2.29. The van der Waals surface area contributed by atoms with E-state index in [0.717, 1.165) is 30.0 Å². The number of hydrogen-bond acceptors (Lipinski definition) is 4. The Hall–Kier alpha value is -2.79.